The summed E-state index contributed by atoms with van der Waals surface area (Å²) in [7, 11) is -2.59. The molecule has 0 radical (unpaired) electrons. The summed E-state index contributed by atoms with van der Waals surface area (Å²) < 4.78 is 21.6. The van der Waals surface area contributed by atoms with E-state index >= 15 is 0 Å². The Kier molecular flexibility index (Phi) is 5.23. The molecular weight excluding hydrogens is 352 g/mol. The molecule has 0 atom stereocenters. The highest BCUT2D eigenvalue weighted by molar-refractivity contribution is 7.71. The molecule has 0 aliphatic carbocycles. The molecule has 1 aromatic heterocycles. The maximum absolute atomic E-state index is 12.3. The zero-order valence-corrected chi connectivity index (χ0v) is 14.5. The molecule has 0 aliphatic rings. The number of nitrogens with zero attached hydrogens (tertiary/aromatic N) is 2. The lowest BCUT2D eigenvalue weighted by Crippen LogP contribution is -2.13. The normalized spacial score (nSPS) is 10.7. The topological polar surface area (TPSA) is 115 Å². The van der Waals surface area contributed by atoms with Crippen LogP contribution in [0.25, 0.3) is 11.3 Å². The number of amides is 1. The SMILES string of the molecule is Nc1ccccc1NC(=O)c1ccc(-c2ccnc(C[SH](=O)=O)n2)cc1. The average molecular weight is 368 g/mol. The van der Waals surface area contributed by atoms with Gasteiger partial charge in [-0.25, -0.2) is 18.4 Å². The van der Waals surface area contributed by atoms with Crippen LogP contribution >= 0.6 is 0 Å². The van der Waals surface area contributed by atoms with Crippen LogP contribution in [0.3, 0.4) is 0 Å². The highest BCUT2D eigenvalue weighted by Gasteiger charge is 2.09. The monoisotopic (exact) mass is 368 g/mol. The Morgan fingerprint density at radius 1 is 1.04 bits per heavy atom. The number of thiol groups is 1. The Balaban J connectivity index is 1.78. The van der Waals surface area contributed by atoms with Crippen molar-refractivity contribution in [3.8, 4) is 11.3 Å². The Labute approximate surface area is 151 Å². The molecule has 1 amide bonds. The predicted molar refractivity (Wildman–Crippen MR) is 100 cm³/mol. The van der Waals surface area contributed by atoms with Gasteiger partial charge in [-0.15, -0.1) is 0 Å². The maximum atomic E-state index is 12.3. The van der Waals surface area contributed by atoms with Crippen molar-refractivity contribution in [1.29, 1.82) is 0 Å². The fraction of sp³-hybridized carbons (Fsp3) is 0.0556. The Bertz CT molecular complexity index is 1010. The van der Waals surface area contributed by atoms with E-state index in [9.17, 15) is 13.2 Å². The molecule has 0 fully saturated rings. The van der Waals surface area contributed by atoms with E-state index in [4.69, 9.17) is 5.73 Å². The second-order valence-corrected chi connectivity index (χ2v) is 6.45. The molecule has 0 saturated carbocycles. The van der Waals surface area contributed by atoms with Gasteiger partial charge in [0.05, 0.1) is 17.1 Å². The molecule has 0 bridgehead atoms. The average Bonchev–Trinajstić information content (AvgIpc) is 2.63. The van der Waals surface area contributed by atoms with Crippen molar-refractivity contribution < 1.29 is 13.2 Å². The van der Waals surface area contributed by atoms with E-state index in [2.05, 4.69) is 15.3 Å². The molecule has 3 rings (SSSR count). The molecule has 0 spiro atoms. The van der Waals surface area contributed by atoms with E-state index in [1.54, 1.807) is 54.6 Å². The standard InChI is InChI=1S/C18H16N4O3S/c19-14-3-1-2-4-16(14)22-18(23)13-7-5-12(6-8-13)15-9-10-20-17(21-15)11-26(24)25/h1-10,26H,11,19H2,(H,22,23). The van der Waals surface area contributed by atoms with E-state index in [0.29, 0.717) is 22.6 Å². The molecule has 0 aliphatic heterocycles. The minimum absolute atomic E-state index is 0.206. The van der Waals surface area contributed by atoms with Crippen LogP contribution in [-0.4, -0.2) is 24.3 Å². The molecule has 132 valence electrons. The quantitative estimate of drug-likeness (QED) is 0.469. The van der Waals surface area contributed by atoms with Crippen molar-refractivity contribution in [2.24, 2.45) is 0 Å². The zero-order chi connectivity index (χ0) is 18.5. The molecule has 3 N–H and O–H groups in total. The second-order valence-electron chi connectivity index (χ2n) is 5.47. The predicted octanol–water partition coefficient (Wildman–Crippen LogP) is 2.09. The lowest BCUT2D eigenvalue weighted by Gasteiger charge is -2.08. The highest BCUT2D eigenvalue weighted by atomic mass is 32.2. The fourth-order valence-electron chi connectivity index (χ4n) is 2.35. The van der Waals surface area contributed by atoms with Crippen molar-refractivity contribution in [3.63, 3.8) is 0 Å². The van der Waals surface area contributed by atoms with Crippen LogP contribution < -0.4 is 11.1 Å². The summed E-state index contributed by atoms with van der Waals surface area (Å²) in [6.07, 6.45) is 1.51. The first kappa shape index (κ1) is 17.6. The Morgan fingerprint density at radius 2 is 1.77 bits per heavy atom. The van der Waals surface area contributed by atoms with Gasteiger partial charge in [-0.05, 0) is 30.3 Å². The number of aromatic nitrogens is 2. The molecule has 3 aromatic rings. The number of benzene rings is 2. The number of nitrogen functional groups attached to an aromatic ring is 1. The third-order valence-corrected chi connectivity index (χ3v) is 4.17. The summed E-state index contributed by atoms with van der Waals surface area (Å²) >= 11 is 0. The van der Waals surface area contributed by atoms with Crippen LogP contribution in [0.2, 0.25) is 0 Å². The van der Waals surface area contributed by atoms with Crippen molar-refractivity contribution in [2.75, 3.05) is 11.1 Å². The van der Waals surface area contributed by atoms with Crippen LogP contribution in [0, 0.1) is 0 Å². The van der Waals surface area contributed by atoms with Gasteiger partial charge in [-0.1, -0.05) is 24.3 Å². The first-order chi connectivity index (χ1) is 12.5. The molecule has 1 heterocycles. The van der Waals surface area contributed by atoms with Gasteiger partial charge in [0.25, 0.3) is 5.91 Å². The third kappa shape index (κ3) is 4.22. The minimum Gasteiger partial charge on any atom is -0.397 e. The largest absolute Gasteiger partial charge is 0.397 e. The summed E-state index contributed by atoms with van der Waals surface area (Å²) in [6.45, 7) is 0. The Morgan fingerprint density at radius 3 is 2.46 bits per heavy atom. The van der Waals surface area contributed by atoms with Crippen molar-refractivity contribution in [1.82, 2.24) is 9.97 Å². The van der Waals surface area contributed by atoms with Crippen LogP contribution in [0.5, 0.6) is 0 Å². The van der Waals surface area contributed by atoms with Gasteiger partial charge in [0.1, 0.15) is 22.3 Å². The van der Waals surface area contributed by atoms with E-state index in [-0.39, 0.29) is 17.5 Å². The summed E-state index contributed by atoms with van der Waals surface area (Å²) in [5, 5.41) is 2.76. The van der Waals surface area contributed by atoms with E-state index in [0.717, 1.165) is 5.56 Å². The maximum Gasteiger partial charge on any atom is 0.255 e. The number of rotatable bonds is 5. The van der Waals surface area contributed by atoms with Crippen molar-refractivity contribution in [3.05, 3.63) is 72.2 Å². The lowest BCUT2D eigenvalue weighted by atomic mass is 10.1. The van der Waals surface area contributed by atoms with Crippen LogP contribution in [0.1, 0.15) is 16.2 Å². The number of para-hydroxylation sites is 2. The number of carbonyl (C=O) groups excluding carboxylic acids is 1. The zero-order valence-electron chi connectivity index (χ0n) is 13.6. The fourth-order valence-corrected chi connectivity index (χ4v) is 2.73. The Hall–Kier alpha value is -3.26. The number of anilines is 2. The number of hydrogen-bond donors (Lipinski definition) is 3. The van der Waals surface area contributed by atoms with Crippen LogP contribution in [-0.2, 0) is 16.5 Å². The number of nitrogens with one attached hydrogen (secondary N) is 1. The lowest BCUT2D eigenvalue weighted by molar-refractivity contribution is 0.102. The van der Waals surface area contributed by atoms with E-state index in [1.807, 2.05) is 0 Å². The molecule has 0 unspecified atom stereocenters. The van der Waals surface area contributed by atoms with Crippen LogP contribution in [0.4, 0.5) is 11.4 Å². The van der Waals surface area contributed by atoms with Crippen molar-refractivity contribution in [2.45, 2.75) is 5.75 Å². The second kappa shape index (κ2) is 7.75. The summed E-state index contributed by atoms with van der Waals surface area (Å²) in [6, 6.07) is 15.5. The molecule has 8 heteroatoms. The third-order valence-electron chi connectivity index (χ3n) is 3.63. The summed E-state index contributed by atoms with van der Waals surface area (Å²) in [5.74, 6) is -0.247. The number of hydrogen-bond acceptors (Lipinski definition) is 6. The van der Waals surface area contributed by atoms with Gasteiger partial charge in [0, 0.05) is 17.3 Å². The van der Waals surface area contributed by atoms with Crippen LogP contribution in [0.15, 0.2) is 60.8 Å². The van der Waals surface area contributed by atoms with Gasteiger partial charge in [0.2, 0.25) is 0 Å². The van der Waals surface area contributed by atoms with E-state index < -0.39 is 10.7 Å². The van der Waals surface area contributed by atoms with Gasteiger partial charge >= 0.3 is 0 Å². The van der Waals surface area contributed by atoms with Gasteiger partial charge in [0.15, 0.2) is 0 Å². The minimum atomic E-state index is -2.59. The van der Waals surface area contributed by atoms with Crippen molar-refractivity contribution >= 4 is 28.0 Å². The summed E-state index contributed by atoms with van der Waals surface area (Å²) in [4.78, 5) is 20.5. The van der Waals surface area contributed by atoms with Gasteiger partial charge in [-0.2, -0.15) is 0 Å². The van der Waals surface area contributed by atoms with E-state index in [1.165, 1.54) is 6.20 Å². The highest BCUT2D eigenvalue weighted by Crippen LogP contribution is 2.20. The summed E-state index contributed by atoms with van der Waals surface area (Å²) in [5.41, 5.74) is 8.67. The molecule has 7 nitrogen and oxygen atoms in total. The smallest absolute Gasteiger partial charge is 0.255 e. The molecule has 26 heavy (non-hydrogen) atoms. The van der Waals surface area contributed by atoms with Gasteiger partial charge in [-0.3, -0.25) is 4.79 Å². The molecular formula is C18H16N4O3S. The first-order valence-electron chi connectivity index (χ1n) is 7.73. The van der Waals surface area contributed by atoms with Gasteiger partial charge < -0.3 is 11.1 Å². The number of nitrogens with two attached hydrogens (primary N) is 1. The molecule has 0 saturated heterocycles. The molecule has 2 aromatic carbocycles. The number of carbonyl (C=O) groups is 1. The first-order valence-corrected chi connectivity index (χ1v) is 9.09.